The van der Waals surface area contributed by atoms with Crippen LogP contribution in [0.5, 0.6) is 0 Å². The molecule has 0 aliphatic heterocycles. The van der Waals surface area contributed by atoms with Gasteiger partial charge in [-0.25, -0.2) is 0 Å². The van der Waals surface area contributed by atoms with Gasteiger partial charge < -0.3 is 5.32 Å². The lowest BCUT2D eigenvalue weighted by atomic mass is 10.0. The molecular formula is C16H17N3O4. The Morgan fingerprint density at radius 2 is 1.70 bits per heavy atom. The first-order valence-electron chi connectivity index (χ1n) is 7.20. The Hall–Kier alpha value is -2.96. The summed E-state index contributed by atoms with van der Waals surface area (Å²) in [5.41, 5.74) is 1.84. The highest BCUT2D eigenvalue weighted by Crippen LogP contribution is 2.31. The summed E-state index contributed by atoms with van der Waals surface area (Å²) >= 11 is 0. The van der Waals surface area contributed by atoms with Gasteiger partial charge in [-0.2, -0.15) is 0 Å². The van der Waals surface area contributed by atoms with Crippen molar-refractivity contribution < 1.29 is 9.85 Å². The number of hydrogen-bond donors (Lipinski definition) is 1. The fourth-order valence-electron chi connectivity index (χ4n) is 2.27. The summed E-state index contributed by atoms with van der Waals surface area (Å²) in [4.78, 5) is 20.6. The van der Waals surface area contributed by atoms with E-state index in [1.165, 1.54) is 17.7 Å². The highest BCUT2D eigenvalue weighted by atomic mass is 16.6. The van der Waals surface area contributed by atoms with E-state index in [2.05, 4.69) is 12.2 Å². The maximum Gasteiger partial charge on any atom is 0.299 e. The third-order valence-corrected chi connectivity index (χ3v) is 3.65. The molecule has 0 amide bonds. The molecule has 2 aromatic rings. The number of nitrogens with zero attached hydrogens (tertiary/aromatic N) is 2. The lowest BCUT2D eigenvalue weighted by Gasteiger charge is -2.16. The van der Waals surface area contributed by atoms with E-state index in [0.29, 0.717) is 0 Å². The first kappa shape index (κ1) is 16.4. The summed E-state index contributed by atoms with van der Waals surface area (Å²) in [7, 11) is 0. The average molecular weight is 315 g/mol. The number of hydrogen-bond acceptors (Lipinski definition) is 5. The molecule has 0 aromatic heterocycles. The van der Waals surface area contributed by atoms with E-state index in [4.69, 9.17) is 0 Å². The number of nitro benzene ring substituents is 2. The van der Waals surface area contributed by atoms with Crippen LogP contribution in [0.2, 0.25) is 0 Å². The number of rotatable bonds is 6. The average Bonchev–Trinajstić information content (AvgIpc) is 2.54. The molecule has 0 aliphatic rings. The zero-order valence-corrected chi connectivity index (χ0v) is 12.9. The molecular weight excluding hydrogens is 298 g/mol. The quantitative estimate of drug-likeness (QED) is 0.635. The summed E-state index contributed by atoms with van der Waals surface area (Å²) in [6.07, 6.45) is 0.940. The zero-order chi connectivity index (χ0) is 17.0. The topological polar surface area (TPSA) is 98.3 Å². The van der Waals surface area contributed by atoms with Gasteiger partial charge in [-0.15, -0.1) is 0 Å². The van der Waals surface area contributed by atoms with Crippen LogP contribution in [0, 0.1) is 20.2 Å². The summed E-state index contributed by atoms with van der Waals surface area (Å²) in [5, 5.41) is 24.9. The maximum absolute atomic E-state index is 11.1. The van der Waals surface area contributed by atoms with Gasteiger partial charge in [0.15, 0.2) is 0 Å². The number of nitrogens with one attached hydrogen (secondary N) is 1. The van der Waals surface area contributed by atoms with Crippen LogP contribution >= 0.6 is 0 Å². The number of aryl methyl sites for hydroxylation is 1. The normalized spacial score (nSPS) is 11.7. The maximum atomic E-state index is 11.1. The smallest absolute Gasteiger partial charge is 0.299 e. The standard InChI is InChI=1S/C16H17N3O4/c1-3-12-4-6-13(7-5-12)11(2)17-15-9-8-14(18(20)21)10-16(15)19(22)23/h4-11,17H,3H2,1-2H3. The van der Waals surface area contributed by atoms with Crippen LogP contribution < -0.4 is 5.32 Å². The van der Waals surface area contributed by atoms with Crippen molar-refractivity contribution in [1.29, 1.82) is 0 Å². The molecule has 1 unspecified atom stereocenters. The first-order chi connectivity index (χ1) is 10.9. The van der Waals surface area contributed by atoms with Crippen LogP contribution in [-0.4, -0.2) is 9.85 Å². The molecule has 0 bridgehead atoms. The molecule has 2 aromatic carbocycles. The van der Waals surface area contributed by atoms with E-state index < -0.39 is 9.85 Å². The molecule has 0 heterocycles. The molecule has 2 rings (SSSR count). The Morgan fingerprint density at radius 3 is 2.22 bits per heavy atom. The van der Waals surface area contributed by atoms with E-state index in [1.54, 1.807) is 0 Å². The monoisotopic (exact) mass is 315 g/mol. The summed E-state index contributed by atoms with van der Waals surface area (Å²) < 4.78 is 0. The number of nitro groups is 2. The molecule has 0 radical (unpaired) electrons. The summed E-state index contributed by atoms with van der Waals surface area (Å²) in [6.45, 7) is 3.95. The summed E-state index contributed by atoms with van der Waals surface area (Å²) in [5.74, 6) is 0. The van der Waals surface area contributed by atoms with Crippen LogP contribution in [0.1, 0.15) is 31.0 Å². The Bertz CT molecular complexity index is 729. The first-order valence-corrected chi connectivity index (χ1v) is 7.20. The van der Waals surface area contributed by atoms with Crippen molar-refractivity contribution in [2.45, 2.75) is 26.3 Å². The van der Waals surface area contributed by atoms with Gasteiger partial charge in [-0.3, -0.25) is 20.2 Å². The van der Waals surface area contributed by atoms with E-state index in [0.717, 1.165) is 18.1 Å². The Morgan fingerprint density at radius 1 is 1.04 bits per heavy atom. The molecule has 0 saturated carbocycles. The third kappa shape index (κ3) is 3.82. The van der Waals surface area contributed by atoms with Crippen molar-refractivity contribution >= 4 is 17.1 Å². The van der Waals surface area contributed by atoms with E-state index in [-0.39, 0.29) is 23.1 Å². The second-order valence-corrected chi connectivity index (χ2v) is 5.18. The number of benzene rings is 2. The predicted octanol–water partition coefficient (Wildman–Crippen LogP) is 4.24. The van der Waals surface area contributed by atoms with Crippen molar-refractivity contribution in [3.8, 4) is 0 Å². The number of non-ortho nitro benzene ring substituents is 1. The predicted molar refractivity (Wildman–Crippen MR) is 87.6 cm³/mol. The minimum Gasteiger partial charge on any atom is -0.373 e. The van der Waals surface area contributed by atoms with Crippen LogP contribution in [0.3, 0.4) is 0 Å². The molecule has 7 heteroatoms. The van der Waals surface area contributed by atoms with Crippen molar-refractivity contribution in [2.75, 3.05) is 5.32 Å². The van der Waals surface area contributed by atoms with E-state index in [9.17, 15) is 20.2 Å². The van der Waals surface area contributed by atoms with Crippen LogP contribution in [-0.2, 0) is 6.42 Å². The highest BCUT2D eigenvalue weighted by Gasteiger charge is 2.20. The molecule has 0 aliphatic carbocycles. The van der Waals surface area contributed by atoms with Gasteiger partial charge in [-0.1, -0.05) is 31.2 Å². The van der Waals surface area contributed by atoms with Crippen molar-refractivity contribution in [3.63, 3.8) is 0 Å². The van der Waals surface area contributed by atoms with Crippen molar-refractivity contribution in [3.05, 3.63) is 73.8 Å². The molecule has 0 spiro atoms. The van der Waals surface area contributed by atoms with Gasteiger partial charge in [0, 0.05) is 12.1 Å². The lowest BCUT2D eigenvalue weighted by Crippen LogP contribution is -2.08. The van der Waals surface area contributed by atoms with E-state index >= 15 is 0 Å². The largest absolute Gasteiger partial charge is 0.373 e. The summed E-state index contributed by atoms with van der Waals surface area (Å²) in [6, 6.07) is 11.4. The second kappa shape index (κ2) is 6.87. The highest BCUT2D eigenvalue weighted by molar-refractivity contribution is 5.66. The van der Waals surface area contributed by atoms with Gasteiger partial charge >= 0.3 is 0 Å². The molecule has 1 atom stereocenters. The third-order valence-electron chi connectivity index (χ3n) is 3.65. The minimum atomic E-state index is -0.649. The van der Waals surface area contributed by atoms with Gasteiger partial charge in [0.05, 0.1) is 15.9 Å². The Labute approximate surface area is 133 Å². The minimum absolute atomic E-state index is 0.166. The van der Waals surface area contributed by atoms with Crippen LogP contribution in [0.15, 0.2) is 42.5 Å². The van der Waals surface area contributed by atoms with Gasteiger partial charge in [0.2, 0.25) is 0 Å². The van der Waals surface area contributed by atoms with Crippen molar-refractivity contribution in [2.24, 2.45) is 0 Å². The van der Waals surface area contributed by atoms with Crippen LogP contribution in [0.4, 0.5) is 17.1 Å². The fourth-order valence-corrected chi connectivity index (χ4v) is 2.27. The fraction of sp³-hybridized carbons (Fsp3) is 0.250. The lowest BCUT2D eigenvalue weighted by molar-refractivity contribution is -0.393. The Kier molecular flexibility index (Phi) is 4.90. The molecule has 0 saturated heterocycles. The van der Waals surface area contributed by atoms with Crippen LogP contribution in [0.25, 0.3) is 0 Å². The molecule has 23 heavy (non-hydrogen) atoms. The second-order valence-electron chi connectivity index (χ2n) is 5.18. The molecule has 7 nitrogen and oxygen atoms in total. The molecule has 1 N–H and O–H groups in total. The number of anilines is 1. The van der Waals surface area contributed by atoms with E-state index in [1.807, 2.05) is 31.2 Å². The van der Waals surface area contributed by atoms with Gasteiger partial charge in [0.1, 0.15) is 5.69 Å². The Balaban J connectivity index is 2.27. The zero-order valence-electron chi connectivity index (χ0n) is 12.9. The van der Waals surface area contributed by atoms with Crippen molar-refractivity contribution in [1.82, 2.24) is 0 Å². The van der Waals surface area contributed by atoms with Gasteiger partial charge in [-0.05, 0) is 30.5 Å². The van der Waals surface area contributed by atoms with Gasteiger partial charge in [0.25, 0.3) is 11.4 Å². The SMILES string of the molecule is CCc1ccc(C(C)Nc2ccc([N+](=O)[O-])cc2[N+](=O)[O-])cc1. The molecule has 120 valence electrons. The molecule has 0 fully saturated rings.